The van der Waals surface area contributed by atoms with Crippen LogP contribution in [0, 0.1) is 17.6 Å². The van der Waals surface area contributed by atoms with Gasteiger partial charge in [0.05, 0.1) is 6.61 Å². The van der Waals surface area contributed by atoms with E-state index in [2.05, 4.69) is 10.2 Å². The maximum atomic E-state index is 13.7. The molecule has 1 aromatic carbocycles. The fraction of sp³-hybridized carbons (Fsp3) is 0.625. The van der Waals surface area contributed by atoms with Crippen LogP contribution in [0.3, 0.4) is 0 Å². The lowest BCUT2D eigenvalue weighted by atomic mass is 9.97. The van der Waals surface area contributed by atoms with Gasteiger partial charge in [0.1, 0.15) is 11.6 Å². The van der Waals surface area contributed by atoms with Crippen LogP contribution in [0.15, 0.2) is 18.2 Å². The SMILES string of the molecule is COCCNCC1CCCN(Cc2ccc(F)cc2F)C1. The summed E-state index contributed by atoms with van der Waals surface area (Å²) in [6.07, 6.45) is 2.32. The number of piperidine rings is 1. The van der Waals surface area contributed by atoms with Crippen molar-refractivity contribution in [2.45, 2.75) is 19.4 Å². The minimum absolute atomic E-state index is 0.449. The van der Waals surface area contributed by atoms with Gasteiger partial charge in [-0.1, -0.05) is 6.07 Å². The van der Waals surface area contributed by atoms with Gasteiger partial charge in [-0.2, -0.15) is 0 Å². The fourth-order valence-electron chi connectivity index (χ4n) is 2.83. The molecule has 118 valence electrons. The summed E-state index contributed by atoms with van der Waals surface area (Å²) < 4.78 is 31.6. The van der Waals surface area contributed by atoms with Crippen LogP contribution >= 0.6 is 0 Å². The number of benzene rings is 1. The van der Waals surface area contributed by atoms with Crippen molar-refractivity contribution in [1.29, 1.82) is 0 Å². The van der Waals surface area contributed by atoms with E-state index in [9.17, 15) is 8.78 Å². The fourth-order valence-corrected chi connectivity index (χ4v) is 2.83. The van der Waals surface area contributed by atoms with Crippen LogP contribution in [0.4, 0.5) is 8.78 Å². The topological polar surface area (TPSA) is 24.5 Å². The summed E-state index contributed by atoms with van der Waals surface area (Å²) in [5, 5.41) is 3.38. The molecule has 0 aromatic heterocycles. The van der Waals surface area contributed by atoms with Crippen LogP contribution in [0.5, 0.6) is 0 Å². The maximum Gasteiger partial charge on any atom is 0.130 e. The first-order chi connectivity index (χ1) is 10.2. The number of halogens is 2. The number of nitrogens with one attached hydrogen (secondary N) is 1. The van der Waals surface area contributed by atoms with Crippen LogP contribution in [-0.4, -0.2) is 44.8 Å². The van der Waals surface area contributed by atoms with E-state index in [0.717, 1.165) is 45.3 Å². The molecule has 0 amide bonds. The summed E-state index contributed by atoms with van der Waals surface area (Å²) >= 11 is 0. The zero-order chi connectivity index (χ0) is 15.1. The van der Waals surface area contributed by atoms with Crippen LogP contribution in [0.1, 0.15) is 18.4 Å². The standard InChI is InChI=1S/C16H24F2N2O/c1-21-8-6-19-10-13-3-2-7-20(11-13)12-14-4-5-15(17)9-16(14)18/h4-5,9,13,19H,2-3,6-8,10-12H2,1H3. The Bertz CT molecular complexity index is 442. The van der Waals surface area contributed by atoms with Crippen molar-refractivity contribution in [3.63, 3.8) is 0 Å². The van der Waals surface area contributed by atoms with E-state index in [-0.39, 0.29) is 0 Å². The molecule has 21 heavy (non-hydrogen) atoms. The van der Waals surface area contributed by atoms with Gasteiger partial charge in [-0.25, -0.2) is 8.78 Å². The first-order valence-electron chi connectivity index (χ1n) is 7.55. The van der Waals surface area contributed by atoms with Gasteiger partial charge in [0.15, 0.2) is 0 Å². The molecule has 1 heterocycles. The predicted octanol–water partition coefficient (Wildman–Crippen LogP) is 2.41. The van der Waals surface area contributed by atoms with E-state index in [4.69, 9.17) is 4.74 Å². The van der Waals surface area contributed by atoms with Gasteiger partial charge in [0, 0.05) is 38.4 Å². The molecule has 0 radical (unpaired) electrons. The molecule has 1 saturated heterocycles. The lowest BCUT2D eigenvalue weighted by Gasteiger charge is -2.33. The van der Waals surface area contributed by atoms with Crippen molar-refractivity contribution in [2.75, 3.05) is 39.9 Å². The molecule has 3 nitrogen and oxygen atoms in total. The van der Waals surface area contributed by atoms with Crippen molar-refractivity contribution in [3.05, 3.63) is 35.4 Å². The predicted molar refractivity (Wildman–Crippen MR) is 79.1 cm³/mol. The van der Waals surface area contributed by atoms with Gasteiger partial charge >= 0.3 is 0 Å². The lowest BCUT2D eigenvalue weighted by molar-refractivity contribution is 0.158. The summed E-state index contributed by atoms with van der Waals surface area (Å²) in [4.78, 5) is 2.25. The second kappa shape index (κ2) is 8.41. The molecule has 2 rings (SSSR count). The molecule has 0 saturated carbocycles. The van der Waals surface area contributed by atoms with Crippen molar-refractivity contribution in [1.82, 2.24) is 10.2 Å². The molecular weight excluding hydrogens is 274 g/mol. The Morgan fingerprint density at radius 1 is 1.38 bits per heavy atom. The minimum atomic E-state index is -0.518. The third-order valence-electron chi connectivity index (χ3n) is 3.93. The Morgan fingerprint density at radius 2 is 2.24 bits per heavy atom. The van der Waals surface area contributed by atoms with E-state index in [0.29, 0.717) is 18.0 Å². The Hall–Kier alpha value is -1.04. The first-order valence-corrected chi connectivity index (χ1v) is 7.55. The number of nitrogens with zero attached hydrogens (tertiary/aromatic N) is 1. The van der Waals surface area contributed by atoms with Crippen molar-refractivity contribution >= 4 is 0 Å². The monoisotopic (exact) mass is 298 g/mol. The highest BCUT2D eigenvalue weighted by Gasteiger charge is 2.20. The van der Waals surface area contributed by atoms with Crippen molar-refractivity contribution in [2.24, 2.45) is 5.92 Å². The molecule has 1 unspecified atom stereocenters. The smallest absolute Gasteiger partial charge is 0.130 e. The van der Waals surface area contributed by atoms with Crippen LogP contribution < -0.4 is 5.32 Å². The quantitative estimate of drug-likeness (QED) is 0.782. The molecule has 0 spiro atoms. The molecule has 0 aliphatic carbocycles. The molecule has 1 fully saturated rings. The molecule has 1 atom stereocenters. The van der Waals surface area contributed by atoms with E-state index >= 15 is 0 Å². The third-order valence-corrected chi connectivity index (χ3v) is 3.93. The van der Waals surface area contributed by atoms with Gasteiger partial charge < -0.3 is 10.1 Å². The van der Waals surface area contributed by atoms with E-state index in [1.165, 1.54) is 12.5 Å². The number of hydrogen-bond acceptors (Lipinski definition) is 3. The second-order valence-electron chi connectivity index (χ2n) is 5.68. The van der Waals surface area contributed by atoms with Gasteiger partial charge in [0.25, 0.3) is 0 Å². The largest absolute Gasteiger partial charge is 0.383 e. The molecular formula is C16H24F2N2O. The zero-order valence-corrected chi connectivity index (χ0v) is 12.6. The number of rotatable bonds is 7. The Balaban J connectivity index is 1.80. The van der Waals surface area contributed by atoms with Crippen LogP contribution in [0.25, 0.3) is 0 Å². The number of likely N-dealkylation sites (tertiary alicyclic amines) is 1. The van der Waals surface area contributed by atoms with E-state index in [1.807, 2.05) is 0 Å². The number of ether oxygens (including phenoxy) is 1. The Kier molecular flexibility index (Phi) is 6.54. The lowest BCUT2D eigenvalue weighted by Crippen LogP contribution is -2.39. The Morgan fingerprint density at radius 3 is 3.00 bits per heavy atom. The van der Waals surface area contributed by atoms with Crippen LogP contribution in [0.2, 0.25) is 0 Å². The highest BCUT2D eigenvalue weighted by molar-refractivity contribution is 5.18. The Labute approximate surface area is 125 Å². The van der Waals surface area contributed by atoms with E-state index in [1.54, 1.807) is 13.2 Å². The zero-order valence-electron chi connectivity index (χ0n) is 12.6. The van der Waals surface area contributed by atoms with Crippen molar-refractivity contribution < 1.29 is 13.5 Å². The van der Waals surface area contributed by atoms with Crippen molar-refractivity contribution in [3.8, 4) is 0 Å². The summed E-state index contributed by atoms with van der Waals surface area (Å²) in [6, 6.07) is 3.83. The highest BCUT2D eigenvalue weighted by Crippen LogP contribution is 2.19. The molecule has 1 N–H and O–H groups in total. The second-order valence-corrected chi connectivity index (χ2v) is 5.68. The molecule has 0 bridgehead atoms. The molecule has 1 aliphatic rings. The average molecular weight is 298 g/mol. The maximum absolute atomic E-state index is 13.7. The van der Waals surface area contributed by atoms with Gasteiger partial charge in [-0.05, 0) is 37.9 Å². The summed E-state index contributed by atoms with van der Waals surface area (Å²) in [5.41, 5.74) is 0.574. The molecule has 5 heteroatoms. The molecule has 1 aliphatic heterocycles. The summed E-state index contributed by atoms with van der Waals surface area (Å²) in [6.45, 7) is 5.03. The number of hydrogen-bond donors (Lipinski definition) is 1. The summed E-state index contributed by atoms with van der Waals surface area (Å²) in [5.74, 6) is -0.385. The minimum Gasteiger partial charge on any atom is -0.383 e. The first kappa shape index (κ1) is 16.3. The normalized spacial score (nSPS) is 19.9. The number of methoxy groups -OCH3 is 1. The van der Waals surface area contributed by atoms with Gasteiger partial charge in [-0.3, -0.25) is 4.90 Å². The summed E-state index contributed by atoms with van der Waals surface area (Å²) in [7, 11) is 1.70. The average Bonchev–Trinajstić information content (AvgIpc) is 2.47. The van der Waals surface area contributed by atoms with Crippen LogP contribution in [-0.2, 0) is 11.3 Å². The van der Waals surface area contributed by atoms with Gasteiger partial charge in [0.2, 0.25) is 0 Å². The third kappa shape index (κ3) is 5.34. The van der Waals surface area contributed by atoms with Gasteiger partial charge in [-0.15, -0.1) is 0 Å². The van der Waals surface area contributed by atoms with E-state index < -0.39 is 11.6 Å². The highest BCUT2D eigenvalue weighted by atomic mass is 19.1. The molecule has 1 aromatic rings.